The molecule has 106 valence electrons. The second-order valence-corrected chi connectivity index (χ2v) is 4.87. The Bertz CT molecular complexity index is 628. The van der Waals surface area contributed by atoms with Crippen molar-refractivity contribution < 1.29 is 4.79 Å². The monoisotopic (exact) mass is 273 g/mol. The largest absolute Gasteiger partial charge is 0.399 e. The van der Waals surface area contributed by atoms with Gasteiger partial charge in [0, 0.05) is 31.7 Å². The first-order valence-corrected chi connectivity index (χ1v) is 6.46. The van der Waals surface area contributed by atoms with Gasteiger partial charge in [0.1, 0.15) is 12.1 Å². The van der Waals surface area contributed by atoms with Crippen molar-refractivity contribution in [2.24, 2.45) is 5.92 Å². The van der Waals surface area contributed by atoms with Crippen LogP contribution in [0.25, 0.3) is 10.9 Å². The first-order valence-electron chi connectivity index (χ1n) is 6.46. The lowest BCUT2D eigenvalue weighted by atomic mass is 10.1. The van der Waals surface area contributed by atoms with Crippen molar-refractivity contribution in [3.63, 3.8) is 0 Å². The molecule has 0 radical (unpaired) electrons. The quantitative estimate of drug-likeness (QED) is 0.813. The van der Waals surface area contributed by atoms with Crippen LogP contribution in [0.5, 0.6) is 0 Å². The highest BCUT2D eigenvalue weighted by Crippen LogP contribution is 2.24. The molecule has 0 spiro atoms. The maximum Gasteiger partial charge on any atom is 0.224 e. The SMILES string of the molecule is CNC(=O)C(C)CN(C)c1ncnc2ccc(N)cc12. The van der Waals surface area contributed by atoms with Gasteiger partial charge < -0.3 is 16.0 Å². The molecule has 1 heterocycles. The smallest absolute Gasteiger partial charge is 0.224 e. The Labute approximate surface area is 118 Å². The summed E-state index contributed by atoms with van der Waals surface area (Å²) in [6.07, 6.45) is 1.52. The molecule has 20 heavy (non-hydrogen) atoms. The van der Waals surface area contributed by atoms with Crippen LogP contribution in [0.2, 0.25) is 0 Å². The molecule has 0 bridgehead atoms. The molecule has 6 heteroatoms. The highest BCUT2D eigenvalue weighted by molar-refractivity contribution is 5.91. The van der Waals surface area contributed by atoms with Crippen molar-refractivity contribution in [1.29, 1.82) is 0 Å². The minimum absolute atomic E-state index is 0.00901. The minimum Gasteiger partial charge on any atom is -0.399 e. The molecule has 2 aromatic rings. The number of anilines is 2. The van der Waals surface area contributed by atoms with Gasteiger partial charge in [0.15, 0.2) is 0 Å². The standard InChI is InChI=1S/C14H19N5O/c1-9(14(20)16-2)7-19(3)13-11-6-10(15)4-5-12(11)17-8-18-13/h4-6,8-9H,7,15H2,1-3H3,(H,16,20). The molecule has 0 saturated carbocycles. The van der Waals surface area contributed by atoms with Crippen LogP contribution in [0.1, 0.15) is 6.92 Å². The van der Waals surface area contributed by atoms with Gasteiger partial charge in [0.05, 0.1) is 11.4 Å². The predicted molar refractivity (Wildman–Crippen MR) is 80.5 cm³/mol. The number of nitrogen functional groups attached to an aromatic ring is 1. The number of fused-ring (bicyclic) bond motifs is 1. The molecule has 0 aliphatic heterocycles. The van der Waals surface area contributed by atoms with Crippen molar-refractivity contribution in [2.75, 3.05) is 31.3 Å². The molecule has 3 N–H and O–H groups in total. The van der Waals surface area contributed by atoms with E-state index in [-0.39, 0.29) is 11.8 Å². The van der Waals surface area contributed by atoms with Gasteiger partial charge in [-0.3, -0.25) is 4.79 Å². The predicted octanol–water partition coefficient (Wildman–Crippen LogP) is 1.03. The Kier molecular flexibility index (Phi) is 4.02. The molecule has 6 nitrogen and oxygen atoms in total. The van der Waals surface area contributed by atoms with E-state index >= 15 is 0 Å². The van der Waals surface area contributed by atoms with Gasteiger partial charge in [-0.1, -0.05) is 6.92 Å². The molecule has 0 aliphatic rings. The summed E-state index contributed by atoms with van der Waals surface area (Å²) < 4.78 is 0. The second kappa shape index (κ2) is 5.73. The molecule has 2 rings (SSSR count). The molecular formula is C14H19N5O. The van der Waals surface area contributed by atoms with Gasteiger partial charge in [-0.2, -0.15) is 0 Å². The Morgan fingerprint density at radius 3 is 2.90 bits per heavy atom. The Morgan fingerprint density at radius 1 is 1.45 bits per heavy atom. The molecule has 1 amide bonds. The van der Waals surface area contributed by atoms with Crippen molar-refractivity contribution >= 4 is 28.3 Å². The van der Waals surface area contributed by atoms with E-state index in [4.69, 9.17) is 5.73 Å². The summed E-state index contributed by atoms with van der Waals surface area (Å²) in [6.45, 7) is 2.45. The maximum absolute atomic E-state index is 11.6. The lowest BCUT2D eigenvalue weighted by molar-refractivity contribution is -0.123. The van der Waals surface area contributed by atoms with Gasteiger partial charge in [-0.15, -0.1) is 0 Å². The topological polar surface area (TPSA) is 84.1 Å². The van der Waals surface area contributed by atoms with Crippen LogP contribution < -0.4 is 16.0 Å². The van der Waals surface area contributed by atoms with E-state index in [0.717, 1.165) is 16.7 Å². The van der Waals surface area contributed by atoms with Crippen LogP contribution in [-0.2, 0) is 4.79 Å². The number of aromatic nitrogens is 2. The molecule has 0 fully saturated rings. The fourth-order valence-electron chi connectivity index (χ4n) is 2.19. The minimum atomic E-state index is -0.129. The first-order chi connectivity index (χ1) is 9.52. The summed E-state index contributed by atoms with van der Waals surface area (Å²) in [5.41, 5.74) is 7.33. The number of carbonyl (C=O) groups excluding carboxylic acids is 1. The zero-order valence-corrected chi connectivity index (χ0v) is 11.9. The third-order valence-corrected chi connectivity index (χ3v) is 3.24. The highest BCUT2D eigenvalue weighted by Gasteiger charge is 2.16. The Morgan fingerprint density at radius 2 is 2.20 bits per heavy atom. The lowest BCUT2D eigenvalue weighted by Crippen LogP contribution is -2.34. The average Bonchev–Trinajstić information content (AvgIpc) is 2.45. The van der Waals surface area contributed by atoms with E-state index in [1.54, 1.807) is 7.05 Å². The maximum atomic E-state index is 11.6. The molecule has 0 saturated heterocycles. The van der Waals surface area contributed by atoms with Crippen LogP contribution in [0.15, 0.2) is 24.5 Å². The van der Waals surface area contributed by atoms with Gasteiger partial charge >= 0.3 is 0 Å². The number of nitrogens with two attached hydrogens (primary N) is 1. The van der Waals surface area contributed by atoms with Crippen LogP contribution in [-0.4, -0.2) is 36.5 Å². The van der Waals surface area contributed by atoms with Gasteiger partial charge in [-0.25, -0.2) is 9.97 Å². The van der Waals surface area contributed by atoms with Crippen LogP contribution >= 0.6 is 0 Å². The second-order valence-electron chi connectivity index (χ2n) is 4.87. The van der Waals surface area contributed by atoms with E-state index in [1.165, 1.54) is 6.33 Å². The summed E-state index contributed by atoms with van der Waals surface area (Å²) in [7, 11) is 3.55. The molecular weight excluding hydrogens is 254 g/mol. The van der Waals surface area contributed by atoms with Crippen LogP contribution in [0.3, 0.4) is 0 Å². The number of nitrogens with zero attached hydrogens (tertiary/aromatic N) is 3. The summed E-state index contributed by atoms with van der Waals surface area (Å²) in [5.74, 6) is 0.656. The molecule has 0 aliphatic carbocycles. The van der Waals surface area contributed by atoms with Gasteiger partial charge in [-0.05, 0) is 18.2 Å². The van der Waals surface area contributed by atoms with Crippen molar-refractivity contribution in [2.45, 2.75) is 6.92 Å². The number of amides is 1. The van der Waals surface area contributed by atoms with Crippen molar-refractivity contribution in [3.05, 3.63) is 24.5 Å². The fourth-order valence-corrected chi connectivity index (χ4v) is 2.19. The van der Waals surface area contributed by atoms with E-state index in [9.17, 15) is 4.79 Å². The average molecular weight is 273 g/mol. The first kappa shape index (κ1) is 14.0. The fraction of sp³-hybridized carbons (Fsp3) is 0.357. The number of benzene rings is 1. The number of hydrogen-bond donors (Lipinski definition) is 2. The summed E-state index contributed by atoms with van der Waals surface area (Å²) >= 11 is 0. The normalized spacial score (nSPS) is 12.2. The molecule has 1 aromatic carbocycles. The zero-order chi connectivity index (χ0) is 14.7. The zero-order valence-electron chi connectivity index (χ0n) is 11.9. The lowest BCUT2D eigenvalue weighted by Gasteiger charge is -2.22. The molecule has 1 unspecified atom stereocenters. The van der Waals surface area contributed by atoms with E-state index in [2.05, 4.69) is 15.3 Å². The van der Waals surface area contributed by atoms with E-state index < -0.39 is 0 Å². The summed E-state index contributed by atoms with van der Waals surface area (Å²) in [5, 5.41) is 3.54. The van der Waals surface area contributed by atoms with Crippen molar-refractivity contribution in [1.82, 2.24) is 15.3 Å². The summed E-state index contributed by atoms with van der Waals surface area (Å²) in [6, 6.07) is 5.53. The Hall–Kier alpha value is -2.37. The van der Waals surface area contributed by atoms with E-state index in [0.29, 0.717) is 12.2 Å². The summed E-state index contributed by atoms with van der Waals surface area (Å²) in [4.78, 5) is 22.1. The van der Waals surface area contributed by atoms with Gasteiger partial charge in [0.25, 0.3) is 0 Å². The van der Waals surface area contributed by atoms with Gasteiger partial charge in [0.2, 0.25) is 5.91 Å². The van der Waals surface area contributed by atoms with Crippen LogP contribution in [0.4, 0.5) is 11.5 Å². The third kappa shape index (κ3) is 2.79. The van der Waals surface area contributed by atoms with Crippen molar-refractivity contribution in [3.8, 4) is 0 Å². The molecule has 1 aromatic heterocycles. The highest BCUT2D eigenvalue weighted by atomic mass is 16.1. The number of carbonyl (C=O) groups is 1. The third-order valence-electron chi connectivity index (χ3n) is 3.24. The Balaban J connectivity index is 2.32. The van der Waals surface area contributed by atoms with E-state index in [1.807, 2.05) is 37.1 Å². The number of hydrogen-bond acceptors (Lipinski definition) is 5. The van der Waals surface area contributed by atoms with Crippen LogP contribution in [0, 0.1) is 5.92 Å². The number of nitrogens with one attached hydrogen (secondary N) is 1. The number of rotatable bonds is 4. The molecule has 1 atom stereocenters.